The lowest BCUT2D eigenvalue weighted by Crippen LogP contribution is -2.37. The van der Waals surface area contributed by atoms with E-state index >= 15 is 0 Å². The third-order valence-electron chi connectivity index (χ3n) is 4.11. The van der Waals surface area contributed by atoms with Crippen molar-refractivity contribution in [2.45, 2.75) is 20.3 Å². The molecule has 0 saturated heterocycles. The van der Waals surface area contributed by atoms with Gasteiger partial charge in [-0.3, -0.25) is 9.59 Å². The monoisotopic (exact) mass is 297 g/mol. The third-order valence-corrected chi connectivity index (χ3v) is 4.11. The lowest BCUT2D eigenvalue weighted by molar-refractivity contribution is 0.0954. The van der Waals surface area contributed by atoms with Crippen molar-refractivity contribution in [3.05, 3.63) is 64.5 Å². The van der Waals surface area contributed by atoms with Crippen LogP contribution in [0.3, 0.4) is 0 Å². The number of aryl methyl sites for hydroxylation is 2. The Kier molecular flexibility index (Phi) is 3.53. The predicted molar refractivity (Wildman–Crippen MR) is 82.9 cm³/mol. The Bertz CT molecular complexity index is 783. The van der Waals surface area contributed by atoms with Crippen LogP contribution in [0.25, 0.3) is 0 Å². The van der Waals surface area contributed by atoms with E-state index in [9.17, 15) is 14.0 Å². The zero-order valence-corrected chi connectivity index (χ0v) is 12.5. The first kappa shape index (κ1) is 14.4. The van der Waals surface area contributed by atoms with E-state index in [-0.39, 0.29) is 23.7 Å². The van der Waals surface area contributed by atoms with Crippen LogP contribution in [0.1, 0.15) is 38.3 Å². The molecule has 2 aromatic rings. The number of carbonyl (C=O) groups excluding carboxylic acids is 2. The number of anilines is 1. The maximum Gasteiger partial charge on any atom is 0.258 e. The van der Waals surface area contributed by atoms with Crippen molar-refractivity contribution in [2.24, 2.45) is 0 Å². The summed E-state index contributed by atoms with van der Waals surface area (Å²) in [6, 6.07) is 9.51. The Morgan fingerprint density at radius 2 is 1.86 bits per heavy atom. The number of rotatable bonds is 1. The van der Waals surface area contributed by atoms with Gasteiger partial charge in [0.1, 0.15) is 5.82 Å². The molecule has 1 aliphatic heterocycles. The minimum absolute atomic E-state index is 0.126. The van der Waals surface area contributed by atoms with Crippen LogP contribution in [0.15, 0.2) is 36.4 Å². The number of amides is 1. The highest BCUT2D eigenvalue weighted by Gasteiger charge is 2.28. The Morgan fingerprint density at radius 1 is 1.09 bits per heavy atom. The van der Waals surface area contributed by atoms with Gasteiger partial charge in [-0.05, 0) is 55.3 Å². The number of benzene rings is 2. The van der Waals surface area contributed by atoms with Crippen LogP contribution in [0.2, 0.25) is 0 Å². The maximum atomic E-state index is 13.4. The quantitative estimate of drug-likeness (QED) is 0.805. The average Bonchev–Trinajstić information content (AvgIpc) is 2.50. The average molecular weight is 297 g/mol. The van der Waals surface area contributed by atoms with Gasteiger partial charge in [0, 0.05) is 24.1 Å². The predicted octanol–water partition coefficient (Wildman–Crippen LogP) is 3.68. The molecule has 1 aliphatic rings. The number of ketones is 1. The minimum atomic E-state index is -0.465. The van der Waals surface area contributed by atoms with Crippen LogP contribution in [0.4, 0.5) is 10.1 Å². The minimum Gasteiger partial charge on any atom is -0.307 e. The summed E-state index contributed by atoms with van der Waals surface area (Å²) in [4.78, 5) is 26.2. The number of halogens is 1. The molecule has 0 N–H and O–H groups in total. The zero-order chi connectivity index (χ0) is 15.9. The van der Waals surface area contributed by atoms with Crippen molar-refractivity contribution in [1.29, 1.82) is 0 Å². The third kappa shape index (κ3) is 2.41. The molecule has 3 nitrogen and oxygen atoms in total. The number of nitrogens with zero attached hydrogens (tertiary/aromatic N) is 1. The van der Waals surface area contributed by atoms with Crippen molar-refractivity contribution in [3.8, 4) is 0 Å². The molecule has 3 rings (SSSR count). The molecular weight excluding hydrogens is 281 g/mol. The van der Waals surface area contributed by atoms with E-state index in [1.807, 2.05) is 26.0 Å². The van der Waals surface area contributed by atoms with Gasteiger partial charge in [-0.15, -0.1) is 0 Å². The summed E-state index contributed by atoms with van der Waals surface area (Å²) in [5.41, 5.74) is 3.50. The second kappa shape index (κ2) is 5.37. The fraction of sp³-hybridized carbons (Fsp3) is 0.222. The summed E-state index contributed by atoms with van der Waals surface area (Å²) < 4.78 is 13.4. The molecule has 0 saturated carbocycles. The van der Waals surface area contributed by atoms with Gasteiger partial charge in [0.05, 0.1) is 5.69 Å². The molecule has 0 bridgehead atoms. The normalized spacial score (nSPS) is 14.0. The number of hydrogen-bond acceptors (Lipinski definition) is 2. The SMILES string of the molecule is Cc1ccc(C(=O)N2CCC(=O)c3cc(F)ccc32)cc1C. The van der Waals surface area contributed by atoms with Gasteiger partial charge < -0.3 is 4.90 Å². The summed E-state index contributed by atoms with van der Waals surface area (Å²) in [5.74, 6) is -0.755. The number of carbonyl (C=O) groups is 2. The van der Waals surface area contributed by atoms with E-state index in [1.54, 1.807) is 11.0 Å². The van der Waals surface area contributed by atoms with Crippen molar-refractivity contribution in [2.75, 3.05) is 11.4 Å². The van der Waals surface area contributed by atoms with E-state index in [0.717, 1.165) is 11.1 Å². The molecular formula is C18H16FNO2. The van der Waals surface area contributed by atoms with Crippen LogP contribution < -0.4 is 4.90 Å². The van der Waals surface area contributed by atoms with Crippen molar-refractivity contribution >= 4 is 17.4 Å². The molecule has 0 spiro atoms. The lowest BCUT2D eigenvalue weighted by atomic mass is 9.98. The van der Waals surface area contributed by atoms with Gasteiger partial charge in [0.25, 0.3) is 5.91 Å². The Hall–Kier alpha value is -2.49. The lowest BCUT2D eigenvalue weighted by Gasteiger charge is -2.29. The molecule has 4 heteroatoms. The van der Waals surface area contributed by atoms with Gasteiger partial charge >= 0.3 is 0 Å². The van der Waals surface area contributed by atoms with E-state index in [1.165, 1.54) is 18.2 Å². The van der Waals surface area contributed by atoms with Crippen molar-refractivity contribution in [1.82, 2.24) is 0 Å². The second-order valence-electron chi connectivity index (χ2n) is 5.59. The second-order valence-corrected chi connectivity index (χ2v) is 5.59. The smallest absolute Gasteiger partial charge is 0.258 e. The Labute approximate surface area is 128 Å². The highest BCUT2D eigenvalue weighted by molar-refractivity contribution is 6.13. The molecule has 0 aliphatic carbocycles. The molecule has 0 fully saturated rings. The van der Waals surface area contributed by atoms with Gasteiger partial charge in [-0.2, -0.15) is 0 Å². The van der Waals surface area contributed by atoms with Crippen LogP contribution >= 0.6 is 0 Å². The van der Waals surface area contributed by atoms with Gasteiger partial charge in [0.2, 0.25) is 0 Å². The highest BCUT2D eigenvalue weighted by Crippen LogP contribution is 2.29. The molecule has 22 heavy (non-hydrogen) atoms. The van der Waals surface area contributed by atoms with Crippen LogP contribution in [-0.4, -0.2) is 18.2 Å². The first-order chi connectivity index (χ1) is 10.5. The van der Waals surface area contributed by atoms with E-state index < -0.39 is 5.82 Å². The van der Waals surface area contributed by atoms with Crippen LogP contribution in [0, 0.1) is 19.7 Å². The molecule has 0 radical (unpaired) electrons. The summed E-state index contributed by atoms with van der Waals surface area (Å²) in [5, 5.41) is 0. The summed E-state index contributed by atoms with van der Waals surface area (Å²) in [7, 11) is 0. The van der Waals surface area contributed by atoms with Gasteiger partial charge in [-0.1, -0.05) is 6.07 Å². The van der Waals surface area contributed by atoms with Crippen molar-refractivity contribution in [3.63, 3.8) is 0 Å². The topological polar surface area (TPSA) is 37.4 Å². The van der Waals surface area contributed by atoms with Crippen molar-refractivity contribution < 1.29 is 14.0 Å². The molecule has 0 aromatic heterocycles. The number of fused-ring (bicyclic) bond motifs is 1. The molecule has 0 atom stereocenters. The summed E-state index contributed by atoms with van der Waals surface area (Å²) >= 11 is 0. The number of Topliss-reactive ketones (excluding diaryl/α,β-unsaturated/α-hetero) is 1. The molecule has 112 valence electrons. The molecule has 1 heterocycles. The Morgan fingerprint density at radius 3 is 2.59 bits per heavy atom. The van der Waals surface area contributed by atoms with Crippen LogP contribution in [0.5, 0.6) is 0 Å². The largest absolute Gasteiger partial charge is 0.307 e. The van der Waals surface area contributed by atoms with E-state index in [2.05, 4.69) is 0 Å². The standard InChI is InChI=1S/C18H16FNO2/c1-11-3-4-13(9-12(11)2)18(22)20-8-7-17(21)15-10-14(19)5-6-16(15)20/h3-6,9-10H,7-8H2,1-2H3. The highest BCUT2D eigenvalue weighted by atomic mass is 19.1. The first-order valence-electron chi connectivity index (χ1n) is 7.19. The summed E-state index contributed by atoms with van der Waals surface area (Å²) in [6.45, 7) is 4.26. The first-order valence-corrected chi connectivity index (χ1v) is 7.19. The van der Waals surface area contributed by atoms with Crippen LogP contribution in [-0.2, 0) is 0 Å². The number of hydrogen-bond donors (Lipinski definition) is 0. The maximum absolute atomic E-state index is 13.4. The fourth-order valence-corrected chi connectivity index (χ4v) is 2.68. The fourth-order valence-electron chi connectivity index (χ4n) is 2.68. The summed E-state index contributed by atoms with van der Waals surface area (Å²) in [6.07, 6.45) is 0.215. The molecule has 1 amide bonds. The zero-order valence-electron chi connectivity index (χ0n) is 12.5. The van der Waals surface area contributed by atoms with E-state index in [4.69, 9.17) is 0 Å². The van der Waals surface area contributed by atoms with E-state index in [0.29, 0.717) is 17.8 Å². The molecule has 0 unspecified atom stereocenters. The van der Waals surface area contributed by atoms with Gasteiger partial charge in [0.15, 0.2) is 5.78 Å². The molecule has 2 aromatic carbocycles. The Balaban J connectivity index is 2.02. The van der Waals surface area contributed by atoms with Gasteiger partial charge in [-0.25, -0.2) is 4.39 Å².